The van der Waals surface area contributed by atoms with E-state index < -0.39 is 11.7 Å². The second-order valence-electron chi connectivity index (χ2n) is 9.55. The number of rotatable bonds is 4. The van der Waals surface area contributed by atoms with Gasteiger partial charge in [-0.1, -0.05) is 6.07 Å². The quantitative estimate of drug-likeness (QED) is 0.428. The van der Waals surface area contributed by atoms with Gasteiger partial charge in [-0.25, -0.2) is 19.3 Å². The first-order chi connectivity index (χ1) is 18.4. The largest absolute Gasteiger partial charge is 0.382 e. The highest BCUT2D eigenvalue weighted by molar-refractivity contribution is 6.04. The Morgan fingerprint density at radius 3 is 2.84 bits per heavy atom. The first-order valence-electron chi connectivity index (χ1n) is 12.3. The van der Waals surface area contributed by atoms with Crippen LogP contribution in [-0.4, -0.2) is 48.7 Å². The molecule has 2 atom stereocenters. The van der Waals surface area contributed by atoms with Crippen molar-refractivity contribution in [2.75, 3.05) is 17.6 Å². The van der Waals surface area contributed by atoms with Crippen molar-refractivity contribution in [1.82, 2.24) is 24.3 Å². The van der Waals surface area contributed by atoms with E-state index in [1.54, 1.807) is 18.5 Å². The summed E-state index contributed by atoms with van der Waals surface area (Å²) in [5.41, 5.74) is 7.83. The van der Waals surface area contributed by atoms with E-state index in [9.17, 15) is 9.59 Å². The van der Waals surface area contributed by atoms with Crippen molar-refractivity contribution in [3.8, 4) is 17.3 Å². The highest BCUT2D eigenvalue weighted by atomic mass is 19.1. The maximum absolute atomic E-state index is 15.2. The Hall–Kier alpha value is -4.85. The number of anilines is 2. The van der Waals surface area contributed by atoms with Crippen LogP contribution in [0.1, 0.15) is 53.3 Å². The van der Waals surface area contributed by atoms with Crippen LogP contribution in [-0.2, 0) is 4.79 Å². The summed E-state index contributed by atoms with van der Waals surface area (Å²) in [5, 5.41) is 11.6. The molecule has 0 unspecified atom stereocenters. The van der Waals surface area contributed by atoms with Gasteiger partial charge in [0.05, 0.1) is 17.2 Å². The van der Waals surface area contributed by atoms with E-state index in [1.807, 2.05) is 15.4 Å². The average molecular weight is 511 g/mol. The Balaban J connectivity index is 1.34. The van der Waals surface area contributed by atoms with E-state index in [1.165, 1.54) is 30.5 Å². The van der Waals surface area contributed by atoms with Crippen molar-refractivity contribution in [1.29, 1.82) is 5.26 Å². The highest BCUT2D eigenvalue weighted by Crippen LogP contribution is 2.38. The summed E-state index contributed by atoms with van der Waals surface area (Å²) in [4.78, 5) is 40.1. The van der Waals surface area contributed by atoms with Crippen LogP contribution >= 0.6 is 0 Å². The zero-order chi connectivity index (χ0) is 26.4. The molecule has 2 aliphatic rings. The summed E-state index contributed by atoms with van der Waals surface area (Å²) in [6.07, 6.45) is 8.02. The zero-order valence-corrected chi connectivity index (χ0v) is 20.3. The number of carbonyl (C=O) groups is 2. The van der Waals surface area contributed by atoms with Gasteiger partial charge in [0.2, 0.25) is 5.91 Å². The third-order valence-electron chi connectivity index (χ3n) is 7.31. The summed E-state index contributed by atoms with van der Waals surface area (Å²) in [6.45, 7) is 0.582. The van der Waals surface area contributed by atoms with Crippen molar-refractivity contribution >= 4 is 29.0 Å². The van der Waals surface area contributed by atoms with Crippen molar-refractivity contribution in [3.63, 3.8) is 0 Å². The highest BCUT2D eigenvalue weighted by Gasteiger charge is 2.38. The van der Waals surface area contributed by atoms with Crippen LogP contribution in [0.2, 0.25) is 0 Å². The number of nitrogens with two attached hydrogens (primary N) is 1. The number of halogens is 1. The number of nitrogens with zero attached hydrogens (tertiary/aromatic N) is 6. The molecule has 3 N–H and O–H groups in total. The SMILES string of the molecule is N#Cc1ccnc(NC(=O)c2ccc(-c3nc([C@@H]4CC[C@H]5CCC(=O)N5C4)n4ccnc(N)c34)cc2F)c1. The topological polar surface area (TPSA) is 142 Å². The van der Waals surface area contributed by atoms with E-state index in [0.29, 0.717) is 41.3 Å². The van der Waals surface area contributed by atoms with Gasteiger partial charge in [-0.15, -0.1) is 0 Å². The van der Waals surface area contributed by atoms with Crippen molar-refractivity contribution in [3.05, 3.63) is 71.7 Å². The fraction of sp³-hybridized carbons (Fsp3) is 0.259. The van der Waals surface area contributed by atoms with Crippen LogP contribution in [0.25, 0.3) is 16.8 Å². The molecule has 0 aliphatic carbocycles. The maximum atomic E-state index is 15.2. The fourth-order valence-corrected chi connectivity index (χ4v) is 5.45. The normalized spacial score (nSPS) is 18.8. The van der Waals surface area contributed by atoms with Gasteiger partial charge in [0.15, 0.2) is 0 Å². The van der Waals surface area contributed by atoms with Gasteiger partial charge in [0.1, 0.15) is 34.5 Å². The molecule has 2 saturated heterocycles. The molecule has 11 heteroatoms. The average Bonchev–Trinajstić information content (AvgIpc) is 3.50. The maximum Gasteiger partial charge on any atom is 0.259 e. The lowest BCUT2D eigenvalue weighted by atomic mass is 9.92. The Kier molecular flexibility index (Phi) is 5.72. The van der Waals surface area contributed by atoms with Gasteiger partial charge in [0.25, 0.3) is 5.91 Å². The smallest absolute Gasteiger partial charge is 0.259 e. The lowest BCUT2D eigenvalue weighted by molar-refractivity contribution is -0.130. The monoisotopic (exact) mass is 510 g/mol. The predicted octanol–water partition coefficient (Wildman–Crippen LogP) is 3.50. The summed E-state index contributed by atoms with van der Waals surface area (Å²) < 4.78 is 17.1. The number of aromatic nitrogens is 4. The van der Waals surface area contributed by atoms with Crippen LogP contribution in [0, 0.1) is 17.1 Å². The number of nitrogen functional groups attached to an aromatic ring is 1. The Morgan fingerprint density at radius 2 is 2.03 bits per heavy atom. The minimum Gasteiger partial charge on any atom is -0.382 e. The van der Waals surface area contributed by atoms with E-state index in [0.717, 1.165) is 25.1 Å². The van der Waals surface area contributed by atoms with Gasteiger partial charge < -0.3 is 16.0 Å². The van der Waals surface area contributed by atoms with Gasteiger partial charge in [0, 0.05) is 49.1 Å². The van der Waals surface area contributed by atoms with Crippen LogP contribution < -0.4 is 11.1 Å². The molecule has 10 nitrogen and oxygen atoms in total. The minimum absolute atomic E-state index is 0.00271. The number of fused-ring (bicyclic) bond motifs is 2. The van der Waals surface area contributed by atoms with Crippen molar-refractivity contribution in [2.24, 2.45) is 0 Å². The molecule has 0 radical (unpaired) electrons. The number of piperidine rings is 1. The number of hydrogen-bond acceptors (Lipinski definition) is 7. The number of imidazole rings is 1. The Labute approximate surface area is 216 Å². The number of nitriles is 1. The summed E-state index contributed by atoms with van der Waals surface area (Å²) in [5.74, 6) is -0.126. The Morgan fingerprint density at radius 1 is 1.16 bits per heavy atom. The third kappa shape index (κ3) is 4.00. The molecular weight excluding hydrogens is 487 g/mol. The van der Waals surface area contributed by atoms with Crippen LogP contribution in [0.5, 0.6) is 0 Å². The minimum atomic E-state index is -0.746. The van der Waals surface area contributed by atoms with Gasteiger partial charge in [-0.2, -0.15) is 5.26 Å². The van der Waals surface area contributed by atoms with Crippen LogP contribution in [0.4, 0.5) is 16.0 Å². The predicted molar refractivity (Wildman–Crippen MR) is 136 cm³/mol. The van der Waals surface area contributed by atoms with Crippen LogP contribution in [0.3, 0.4) is 0 Å². The van der Waals surface area contributed by atoms with Crippen LogP contribution in [0.15, 0.2) is 48.9 Å². The number of hydrogen-bond donors (Lipinski definition) is 2. The molecule has 190 valence electrons. The summed E-state index contributed by atoms with van der Waals surface area (Å²) >= 11 is 0. The fourth-order valence-electron chi connectivity index (χ4n) is 5.45. The second-order valence-corrected chi connectivity index (χ2v) is 9.55. The first-order valence-corrected chi connectivity index (χ1v) is 12.3. The van der Waals surface area contributed by atoms with E-state index in [-0.39, 0.29) is 29.0 Å². The van der Waals surface area contributed by atoms with E-state index in [4.69, 9.17) is 16.0 Å². The molecule has 2 aliphatic heterocycles. The number of pyridine rings is 1. The number of carbonyl (C=O) groups excluding carboxylic acids is 2. The summed E-state index contributed by atoms with van der Waals surface area (Å²) in [7, 11) is 0. The molecule has 1 aromatic carbocycles. The first kappa shape index (κ1) is 23.5. The van der Waals surface area contributed by atoms with Crippen molar-refractivity contribution < 1.29 is 14.0 Å². The van der Waals surface area contributed by atoms with Gasteiger partial charge in [-0.3, -0.25) is 14.0 Å². The molecule has 0 bridgehead atoms. The molecule has 2 fully saturated rings. The molecular formula is C27H23FN8O2. The third-order valence-corrected chi connectivity index (χ3v) is 7.31. The molecule has 5 heterocycles. The van der Waals surface area contributed by atoms with E-state index >= 15 is 4.39 Å². The molecule has 2 amide bonds. The Bertz CT molecular complexity index is 1640. The number of benzene rings is 1. The second kappa shape index (κ2) is 9.23. The van der Waals surface area contributed by atoms with Gasteiger partial charge in [-0.05, 0) is 43.5 Å². The van der Waals surface area contributed by atoms with E-state index in [2.05, 4.69) is 15.3 Å². The van der Waals surface area contributed by atoms with Gasteiger partial charge >= 0.3 is 0 Å². The molecule has 6 rings (SSSR count). The molecule has 0 saturated carbocycles. The molecule has 4 aromatic rings. The molecule has 3 aromatic heterocycles. The lowest BCUT2D eigenvalue weighted by Gasteiger charge is -2.34. The lowest BCUT2D eigenvalue weighted by Crippen LogP contribution is -2.41. The number of amides is 2. The molecule has 0 spiro atoms. The zero-order valence-electron chi connectivity index (χ0n) is 20.3. The number of nitrogens with one attached hydrogen (secondary N) is 1. The summed E-state index contributed by atoms with van der Waals surface area (Å²) in [6, 6.07) is 9.39. The standard InChI is InChI=1S/C27H23FN8O2/c28-20-12-16(2-5-19(20)27(38)33-21-11-15(13-29)7-8-31-21)23-24-25(30)32-9-10-35(24)26(34-23)17-1-3-18-4-6-22(37)36(18)14-17/h2,5,7-12,17-18H,1,3-4,6,14H2,(H2,30,32)(H,31,33,38)/t17-,18+/m1/s1. The van der Waals surface area contributed by atoms with Crippen molar-refractivity contribution in [2.45, 2.75) is 37.6 Å². The molecule has 38 heavy (non-hydrogen) atoms.